The molecule has 6 nitrogen and oxygen atoms in total. The van der Waals surface area contributed by atoms with E-state index in [1.54, 1.807) is 43.4 Å². The number of imidazole rings is 1. The third-order valence-corrected chi connectivity index (χ3v) is 5.57. The Hall–Kier alpha value is -3.23. The number of alkyl halides is 3. The number of ether oxygens (including phenoxy) is 2. The highest BCUT2D eigenvalue weighted by molar-refractivity contribution is 5.82. The third-order valence-electron chi connectivity index (χ3n) is 5.57. The van der Waals surface area contributed by atoms with Crippen LogP contribution in [-0.4, -0.2) is 41.1 Å². The Labute approximate surface area is 177 Å². The van der Waals surface area contributed by atoms with E-state index >= 15 is 0 Å². The minimum Gasteiger partial charge on any atom is -0.497 e. The Kier molecular flexibility index (Phi) is 5.51. The molecule has 1 unspecified atom stereocenters. The van der Waals surface area contributed by atoms with Crippen molar-refractivity contribution in [2.45, 2.75) is 31.6 Å². The van der Waals surface area contributed by atoms with Crippen LogP contribution >= 0.6 is 0 Å². The number of aromatic nitrogens is 2. The summed E-state index contributed by atoms with van der Waals surface area (Å²) >= 11 is 0. The zero-order valence-electron chi connectivity index (χ0n) is 17.1. The van der Waals surface area contributed by atoms with Crippen LogP contribution < -0.4 is 9.47 Å². The quantitative estimate of drug-likeness (QED) is 0.597. The predicted octanol–water partition coefficient (Wildman–Crippen LogP) is 4.44. The number of rotatable bonds is 5. The molecule has 0 spiro atoms. The minimum atomic E-state index is -4.67. The van der Waals surface area contributed by atoms with Gasteiger partial charge in [-0.2, -0.15) is 13.2 Å². The molecular weight excluding hydrogens is 411 g/mol. The van der Waals surface area contributed by atoms with Crippen LogP contribution in [0, 0.1) is 0 Å². The normalized spacial score (nSPS) is 16.7. The second-order valence-corrected chi connectivity index (χ2v) is 7.36. The topological polar surface area (TPSA) is 56.6 Å². The molecule has 0 N–H and O–H groups in total. The van der Waals surface area contributed by atoms with Gasteiger partial charge in [-0.05, 0) is 43.2 Å². The van der Waals surface area contributed by atoms with Gasteiger partial charge in [-0.25, -0.2) is 4.98 Å². The molecule has 0 aliphatic carbocycles. The summed E-state index contributed by atoms with van der Waals surface area (Å²) in [4.78, 5) is 18.6. The van der Waals surface area contributed by atoms with Crippen molar-refractivity contribution < 1.29 is 27.4 Å². The third kappa shape index (κ3) is 3.92. The number of amides is 1. The zero-order valence-corrected chi connectivity index (χ0v) is 17.1. The first-order chi connectivity index (χ1) is 14.8. The summed E-state index contributed by atoms with van der Waals surface area (Å²) in [5, 5.41) is 0. The number of nitrogens with zero attached hydrogens (tertiary/aromatic N) is 3. The summed E-state index contributed by atoms with van der Waals surface area (Å²) in [7, 11) is 3.09. The summed E-state index contributed by atoms with van der Waals surface area (Å²) in [6, 6.07) is 11.3. The van der Waals surface area contributed by atoms with Crippen LogP contribution in [0.1, 0.15) is 30.3 Å². The lowest BCUT2D eigenvalue weighted by Crippen LogP contribution is -2.34. The maximum Gasteiger partial charge on any atom is 0.449 e. The Morgan fingerprint density at radius 2 is 1.94 bits per heavy atom. The summed E-state index contributed by atoms with van der Waals surface area (Å²) < 4.78 is 52.5. The average Bonchev–Trinajstić information content (AvgIpc) is 3.38. The molecular formula is C22H22F3N3O3. The highest BCUT2D eigenvalue weighted by atomic mass is 19.4. The molecule has 1 amide bonds. The Balaban J connectivity index is 1.68. The van der Waals surface area contributed by atoms with Crippen LogP contribution in [0.15, 0.2) is 42.5 Å². The van der Waals surface area contributed by atoms with E-state index < -0.39 is 24.5 Å². The fraction of sp³-hybridized carbons (Fsp3) is 0.364. The SMILES string of the molecule is COc1ccc(OC)c(C2CCCN2C(=O)Cn2c(C(F)(F)F)nc3ccccc32)c1. The first kappa shape index (κ1) is 21.0. The predicted molar refractivity (Wildman–Crippen MR) is 108 cm³/mol. The highest BCUT2D eigenvalue weighted by Gasteiger charge is 2.39. The number of benzene rings is 2. The molecule has 1 fully saturated rings. The van der Waals surface area contributed by atoms with Gasteiger partial charge in [0.05, 0.1) is 31.3 Å². The number of hydrogen-bond acceptors (Lipinski definition) is 4. The van der Waals surface area contributed by atoms with Gasteiger partial charge >= 0.3 is 6.18 Å². The molecule has 1 aromatic heterocycles. The lowest BCUT2D eigenvalue weighted by molar-refractivity contribution is -0.148. The second kappa shape index (κ2) is 8.13. The van der Waals surface area contributed by atoms with Crippen LogP contribution in [0.3, 0.4) is 0 Å². The molecule has 3 aromatic rings. The van der Waals surface area contributed by atoms with Gasteiger partial charge in [0.15, 0.2) is 0 Å². The molecule has 164 valence electrons. The Morgan fingerprint density at radius 3 is 2.65 bits per heavy atom. The number of halogens is 3. The minimum absolute atomic E-state index is 0.204. The number of carbonyl (C=O) groups excluding carboxylic acids is 1. The van der Waals surface area contributed by atoms with Crippen LogP contribution in [0.2, 0.25) is 0 Å². The van der Waals surface area contributed by atoms with E-state index in [2.05, 4.69) is 4.98 Å². The molecule has 31 heavy (non-hydrogen) atoms. The van der Waals surface area contributed by atoms with Crippen molar-refractivity contribution >= 4 is 16.9 Å². The standard InChI is InChI=1S/C22H22F3N3O3/c1-30-14-9-10-19(31-2)15(12-14)17-8-5-11-27(17)20(29)13-28-18-7-4-3-6-16(18)26-21(28)22(23,24)25/h3-4,6-7,9-10,12,17H,5,8,11,13H2,1-2H3. The lowest BCUT2D eigenvalue weighted by atomic mass is 10.0. The smallest absolute Gasteiger partial charge is 0.449 e. The highest BCUT2D eigenvalue weighted by Crippen LogP contribution is 2.39. The summed E-state index contributed by atoms with van der Waals surface area (Å²) in [6.07, 6.45) is -3.24. The van der Waals surface area contributed by atoms with Crippen molar-refractivity contribution in [2.24, 2.45) is 0 Å². The Morgan fingerprint density at radius 1 is 1.16 bits per heavy atom. The first-order valence-electron chi connectivity index (χ1n) is 9.87. The van der Waals surface area contributed by atoms with E-state index in [4.69, 9.17) is 9.47 Å². The molecule has 2 heterocycles. The van der Waals surface area contributed by atoms with Crippen molar-refractivity contribution in [2.75, 3.05) is 20.8 Å². The second-order valence-electron chi connectivity index (χ2n) is 7.36. The van der Waals surface area contributed by atoms with Gasteiger partial charge < -0.3 is 18.9 Å². The van der Waals surface area contributed by atoms with Crippen molar-refractivity contribution in [1.82, 2.24) is 14.5 Å². The van der Waals surface area contributed by atoms with Crippen LogP contribution in [0.4, 0.5) is 13.2 Å². The largest absolute Gasteiger partial charge is 0.497 e. The molecule has 1 aliphatic heterocycles. The van der Waals surface area contributed by atoms with Gasteiger partial charge in [0.25, 0.3) is 0 Å². The maximum atomic E-state index is 13.6. The number of carbonyl (C=O) groups is 1. The van der Waals surface area contributed by atoms with Crippen LogP contribution in [0.5, 0.6) is 11.5 Å². The van der Waals surface area contributed by atoms with E-state index in [0.717, 1.165) is 16.6 Å². The van der Waals surface area contributed by atoms with Gasteiger partial charge in [-0.3, -0.25) is 4.79 Å². The van der Waals surface area contributed by atoms with E-state index in [1.165, 1.54) is 12.1 Å². The molecule has 0 bridgehead atoms. The van der Waals surface area contributed by atoms with Crippen molar-refractivity contribution in [3.05, 3.63) is 53.9 Å². The number of likely N-dealkylation sites (tertiary alicyclic amines) is 1. The zero-order chi connectivity index (χ0) is 22.2. The number of para-hydroxylation sites is 2. The fourth-order valence-corrected chi connectivity index (χ4v) is 4.17. The molecule has 0 saturated carbocycles. The van der Waals surface area contributed by atoms with Gasteiger partial charge in [0.2, 0.25) is 11.7 Å². The van der Waals surface area contributed by atoms with Gasteiger partial charge in [0.1, 0.15) is 18.0 Å². The van der Waals surface area contributed by atoms with E-state index in [1.807, 2.05) is 6.07 Å². The fourth-order valence-electron chi connectivity index (χ4n) is 4.17. The monoisotopic (exact) mass is 433 g/mol. The van der Waals surface area contributed by atoms with Gasteiger partial charge in [-0.1, -0.05) is 12.1 Å². The van der Waals surface area contributed by atoms with Gasteiger partial charge in [-0.15, -0.1) is 0 Å². The lowest BCUT2D eigenvalue weighted by Gasteiger charge is -2.27. The molecule has 0 radical (unpaired) electrons. The molecule has 1 aliphatic rings. The number of fused-ring (bicyclic) bond motifs is 1. The van der Waals surface area contributed by atoms with Crippen LogP contribution in [0.25, 0.3) is 11.0 Å². The van der Waals surface area contributed by atoms with E-state index in [-0.39, 0.29) is 17.1 Å². The maximum absolute atomic E-state index is 13.6. The molecule has 9 heteroatoms. The summed E-state index contributed by atoms with van der Waals surface area (Å²) in [5.74, 6) is -0.248. The molecule has 1 saturated heterocycles. The molecule has 2 aromatic carbocycles. The summed E-state index contributed by atoms with van der Waals surface area (Å²) in [6.45, 7) is 0.00991. The van der Waals surface area contributed by atoms with E-state index in [0.29, 0.717) is 24.5 Å². The average molecular weight is 433 g/mol. The molecule has 4 rings (SSSR count). The first-order valence-corrected chi connectivity index (χ1v) is 9.87. The van der Waals surface area contributed by atoms with Crippen molar-refractivity contribution in [3.8, 4) is 11.5 Å². The van der Waals surface area contributed by atoms with E-state index in [9.17, 15) is 18.0 Å². The van der Waals surface area contributed by atoms with Crippen LogP contribution in [-0.2, 0) is 17.5 Å². The summed E-state index contributed by atoms with van der Waals surface area (Å²) in [5.41, 5.74) is 1.26. The van der Waals surface area contributed by atoms with Gasteiger partial charge in [0, 0.05) is 12.1 Å². The number of methoxy groups -OCH3 is 2. The molecule has 1 atom stereocenters. The van der Waals surface area contributed by atoms with Crippen molar-refractivity contribution in [3.63, 3.8) is 0 Å². The number of hydrogen-bond donors (Lipinski definition) is 0. The van der Waals surface area contributed by atoms with Crippen molar-refractivity contribution in [1.29, 1.82) is 0 Å². The Bertz CT molecular complexity index is 1110.